The Kier molecular flexibility index (Phi) is 6.20. The second-order valence-electron chi connectivity index (χ2n) is 2.97. The number of amides is 1. The van der Waals surface area contributed by atoms with Crippen LogP contribution in [0.5, 0.6) is 0 Å². The SMILES string of the molecule is CCCC(SC(C)C)C(=O)NN. The standard InChI is InChI=1S/C8H18N2OS/c1-4-5-7(8(11)10-9)12-6(2)3/h6-7H,4-5,9H2,1-3H3,(H,10,11). The van der Waals surface area contributed by atoms with Crippen LogP contribution in [0.2, 0.25) is 0 Å². The maximum absolute atomic E-state index is 11.2. The zero-order valence-corrected chi connectivity index (χ0v) is 8.78. The van der Waals surface area contributed by atoms with Gasteiger partial charge in [0, 0.05) is 0 Å². The molecule has 0 spiro atoms. The Morgan fingerprint density at radius 3 is 2.50 bits per heavy atom. The van der Waals surface area contributed by atoms with Crippen LogP contribution in [0.1, 0.15) is 33.6 Å². The molecule has 72 valence electrons. The fourth-order valence-electron chi connectivity index (χ4n) is 0.945. The van der Waals surface area contributed by atoms with E-state index in [1.807, 2.05) is 0 Å². The minimum Gasteiger partial charge on any atom is -0.293 e. The third kappa shape index (κ3) is 4.62. The predicted molar refractivity (Wildman–Crippen MR) is 53.8 cm³/mol. The lowest BCUT2D eigenvalue weighted by atomic mass is 10.2. The smallest absolute Gasteiger partial charge is 0.246 e. The summed E-state index contributed by atoms with van der Waals surface area (Å²) in [5.74, 6) is 5.01. The number of nitrogens with one attached hydrogen (secondary N) is 1. The zero-order valence-electron chi connectivity index (χ0n) is 7.96. The van der Waals surface area contributed by atoms with Crippen LogP contribution in [0.25, 0.3) is 0 Å². The third-order valence-corrected chi connectivity index (χ3v) is 2.74. The van der Waals surface area contributed by atoms with Gasteiger partial charge in [0.2, 0.25) is 5.91 Å². The van der Waals surface area contributed by atoms with Crippen LogP contribution in [0.4, 0.5) is 0 Å². The van der Waals surface area contributed by atoms with Gasteiger partial charge in [-0.05, 0) is 11.7 Å². The van der Waals surface area contributed by atoms with Crippen molar-refractivity contribution in [2.24, 2.45) is 5.84 Å². The first-order valence-corrected chi connectivity index (χ1v) is 5.22. The van der Waals surface area contributed by atoms with Gasteiger partial charge >= 0.3 is 0 Å². The fourth-order valence-corrected chi connectivity index (χ4v) is 2.17. The molecule has 3 N–H and O–H groups in total. The number of thioether (sulfide) groups is 1. The summed E-state index contributed by atoms with van der Waals surface area (Å²) in [6, 6.07) is 0. The van der Waals surface area contributed by atoms with Gasteiger partial charge in [0.25, 0.3) is 0 Å². The number of hydrogen-bond acceptors (Lipinski definition) is 3. The summed E-state index contributed by atoms with van der Waals surface area (Å²) in [7, 11) is 0. The number of nitrogens with two attached hydrogens (primary N) is 1. The van der Waals surface area contributed by atoms with E-state index in [1.54, 1.807) is 11.8 Å². The van der Waals surface area contributed by atoms with Gasteiger partial charge in [0.15, 0.2) is 0 Å². The Bertz CT molecular complexity index is 139. The van der Waals surface area contributed by atoms with Crippen LogP contribution in [0.3, 0.4) is 0 Å². The Morgan fingerprint density at radius 1 is 1.58 bits per heavy atom. The van der Waals surface area contributed by atoms with Crippen molar-refractivity contribution in [3.05, 3.63) is 0 Å². The molecule has 1 amide bonds. The second-order valence-corrected chi connectivity index (χ2v) is 4.75. The van der Waals surface area contributed by atoms with Crippen molar-refractivity contribution >= 4 is 17.7 Å². The van der Waals surface area contributed by atoms with E-state index in [4.69, 9.17) is 5.84 Å². The largest absolute Gasteiger partial charge is 0.293 e. The van der Waals surface area contributed by atoms with Crippen molar-refractivity contribution in [1.29, 1.82) is 0 Å². The molecule has 0 bridgehead atoms. The van der Waals surface area contributed by atoms with E-state index >= 15 is 0 Å². The molecule has 0 aromatic heterocycles. The molecule has 0 aromatic rings. The molecular weight excluding hydrogens is 172 g/mol. The molecule has 0 aliphatic carbocycles. The quantitative estimate of drug-likeness (QED) is 0.390. The average Bonchev–Trinajstić information content (AvgIpc) is 2.01. The van der Waals surface area contributed by atoms with E-state index in [1.165, 1.54) is 0 Å². The molecule has 12 heavy (non-hydrogen) atoms. The molecule has 0 rings (SSSR count). The molecule has 1 unspecified atom stereocenters. The maximum atomic E-state index is 11.2. The van der Waals surface area contributed by atoms with Crippen LogP contribution < -0.4 is 11.3 Å². The van der Waals surface area contributed by atoms with E-state index in [2.05, 4.69) is 26.2 Å². The lowest BCUT2D eigenvalue weighted by molar-refractivity contribution is -0.120. The first-order chi connectivity index (χ1) is 5.61. The van der Waals surface area contributed by atoms with Crippen LogP contribution in [-0.2, 0) is 4.79 Å². The fraction of sp³-hybridized carbons (Fsp3) is 0.875. The Hall–Kier alpha value is -0.220. The number of carbonyl (C=O) groups excluding carboxylic acids is 1. The summed E-state index contributed by atoms with van der Waals surface area (Å²) in [5.41, 5.74) is 2.20. The molecule has 0 heterocycles. The lowest BCUT2D eigenvalue weighted by Crippen LogP contribution is -2.38. The molecule has 0 fully saturated rings. The molecule has 0 aliphatic heterocycles. The molecule has 4 heteroatoms. The molecule has 0 radical (unpaired) electrons. The van der Waals surface area contributed by atoms with Crippen LogP contribution >= 0.6 is 11.8 Å². The topological polar surface area (TPSA) is 55.1 Å². The molecule has 0 saturated carbocycles. The van der Waals surface area contributed by atoms with E-state index < -0.39 is 0 Å². The van der Waals surface area contributed by atoms with Crippen molar-refractivity contribution in [2.75, 3.05) is 0 Å². The highest BCUT2D eigenvalue weighted by Crippen LogP contribution is 2.21. The van der Waals surface area contributed by atoms with E-state index in [0.29, 0.717) is 5.25 Å². The normalized spacial score (nSPS) is 13.1. The Labute approximate surface area is 78.4 Å². The molecule has 3 nitrogen and oxygen atoms in total. The molecule has 0 aromatic carbocycles. The lowest BCUT2D eigenvalue weighted by Gasteiger charge is -2.15. The minimum atomic E-state index is -0.0597. The van der Waals surface area contributed by atoms with Gasteiger partial charge in [-0.3, -0.25) is 10.2 Å². The summed E-state index contributed by atoms with van der Waals surface area (Å²) < 4.78 is 0. The van der Waals surface area contributed by atoms with E-state index in [9.17, 15) is 4.79 Å². The number of rotatable bonds is 5. The van der Waals surface area contributed by atoms with Crippen LogP contribution in [-0.4, -0.2) is 16.4 Å². The van der Waals surface area contributed by atoms with Crippen LogP contribution in [0, 0.1) is 0 Å². The Balaban J connectivity index is 3.94. The van der Waals surface area contributed by atoms with Gasteiger partial charge in [-0.2, -0.15) is 0 Å². The summed E-state index contributed by atoms with van der Waals surface area (Å²) in [6.45, 7) is 6.23. The van der Waals surface area contributed by atoms with Crippen molar-refractivity contribution in [3.63, 3.8) is 0 Å². The third-order valence-electron chi connectivity index (χ3n) is 1.42. The second kappa shape index (κ2) is 6.31. The van der Waals surface area contributed by atoms with Crippen molar-refractivity contribution in [3.8, 4) is 0 Å². The summed E-state index contributed by atoms with van der Waals surface area (Å²) in [5, 5.41) is 0.485. The number of hydrogen-bond donors (Lipinski definition) is 2. The highest BCUT2D eigenvalue weighted by atomic mass is 32.2. The molecular formula is C8H18N2OS. The molecule has 0 saturated heterocycles. The summed E-state index contributed by atoms with van der Waals surface area (Å²) in [4.78, 5) is 11.2. The zero-order chi connectivity index (χ0) is 9.56. The average molecular weight is 190 g/mol. The number of hydrazine groups is 1. The molecule has 1 atom stereocenters. The van der Waals surface area contributed by atoms with Crippen molar-refractivity contribution in [1.82, 2.24) is 5.43 Å². The van der Waals surface area contributed by atoms with Gasteiger partial charge < -0.3 is 0 Å². The van der Waals surface area contributed by atoms with Gasteiger partial charge in [-0.15, -0.1) is 11.8 Å². The summed E-state index contributed by atoms with van der Waals surface area (Å²) >= 11 is 1.66. The van der Waals surface area contributed by atoms with Crippen LogP contribution in [0.15, 0.2) is 0 Å². The highest BCUT2D eigenvalue weighted by molar-refractivity contribution is 8.01. The van der Waals surface area contributed by atoms with E-state index in [0.717, 1.165) is 12.8 Å². The van der Waals surface area contributed by atoms with Crippen molar-refractivity contribution in [2.45, 2.75) is 44.1 Å². The van der Waals surface area contributed by atoms with Gasteiger partial charge in [0.05, 0.1) is 5.25 Å². The van der Waals surface area contributed by atoms with Gasteiger partial charge in [-0.1, -0.05) is 27.2 Å². The highest BCUT2D eigenvalue weighted by Gasteiger charge is 2.17. The predicted octanol–water partition coefficient (Wildman–Crippen LogP) is 1.29. The van der Waals surface area contributed by atoms with Crippen molar-refractivity contribution < 1.29 is 4.79 Å². The first-order valence-electron chi connectivity index (χ1n) is 4.27. The molecule has 0 aliphatic rings. The number of carbonyl (C=O) groups is 1. The first kappa shape index (κ1) is 11.8. The summed E-state index contributed by atoms with van der Waals surface area (Å²) in [6.07, 6.45) is 1.91. The van der Waals surface area contributed by atoms with E-state index in [-0.39, 0.29) is 11.2 Å². The maximum Gasteiger partial charge on any atom is 0.246 e. The Morgan fingerprint density at radius 2 is 2.17 bits per heavy atom. The van der Waals surface area contributed by atoms with Gasteiger partial charge in [0.1, 0.15) is 0 Å². The monoisotopic (exact) mass is 190 g/mol. The van der Waals surface area contributed by atoms with Gasteiger partial charge in [-0.25, -0.2) is 5.84 Å². The minimum absolute atomic E-state index is 0.0139.